The molecule has 0 saturated carbocycles. The van der Waals surface area contributed by atoms with Gasteiger partial charge < -0.3 is 14.8 Å². The van der Waals surface area contributed by atoms with Crippen LogP contribution in [-0.2, 0) is 9.53 Å². The molecular formula is C22H24N4O4S. The second-order valence-corrected chi connectivity index (χ2v) is 7.41. The third kappa shape index (κ3) is 5.24. The maximum Gasteiger partial charge on any atom is 0.338 e. The number of hydrogen-bond donors (Lipinski definition) is 1. The summed E-state index contributed by atoms with van der Waals surface area (Å²) in [7, 11) is 1.55. The van der Waals surface area contributed by atoms with Gasteiger partial charge in [0.1, 0.15) is 11.6 Å². The predicted molar refractivity (Wildman–Crippen MR) is 119 cm³/mol. The summed E-state index contributed by atoms with van der Waals surface area (Å²) in [6, 6.07) is 13.9. The fourth-order valence-corrected chi connectivity index (χ4v) is 3.50. The quantitative estimate of drug-likeness (QED) is 0.419. The van der Waals surface area contributed by atoms with Gasteiger partial charge in [0.25, 0.3) is 5.91 Å². The number of amides is 1. The molecule has 0 fully saturated rings. The number of thioether (sulfide) groups is 1. The van der Waals surface area contributed by atoms with Crippen LogP contribution in [0.1, 0.15) is 29.5 Å². The summed E-state index contributed by atoms with van der Waals surface area (Å²) >= 11 is 1.48. The molecule has 0 aliphatic rings. The Morgan fingerprint density at radius 2 is 1.90 bits per heavy atom. The maximum absolute atomic E-state index is 12.6. The number of rotatable bonds is 8. The zero-order valence-electron chi connectivity index (χ0n) is 17.8. The fraction of sp³-hybridized carbons (Fsp3) is 0.273. The minimum absolute atomic E-state index is 0.344. The van der Waals surface area contributed by atoms with E-state index in [1.807, 2.05) is 17.7 Å². The Hall–Kier alpha value is -3.33. The molecule has 0 saturated heterocycles. The van der Waals surface area contributed by atoms with E-state index in [0.717, 1.165) is 16.7 Å². The number of aromatic nitrogens is 3. The first-order chi connectivity index (χ1) is 15.0. The van der Waals surface area contributed by atoms with Crippen molar-refractivity contribution in [3.05, 3.63) is 59.9 Å². The lowest BCUT2D eigenvalue weighted by Crippen LogP contribution is -2.32. The summed E-state index contributed by atoms with van der Waals surface area (Å²) in [5, 5.41) is 11.7. The van der Waals surface area contributed by atoms with Gasteiger partial charge in [-0.2, -0.15) is 0 Å². The Kier molecular flexibility index (Phi) is 7.30. The number of nitrogens with one attached hydrogen (secondary N) is 1. The number of methoxy groups -OCH3 is 1. The average Bonchev–Trinajstić information content (AvgIpc) is 3.17. The summed E-state index contributed by atoms with van der Waals surface area (Å²) in [5.41, 5.74) is 1.76. The van der Waals surface area contributed by atoms with Crippen molar-refractivity contribution >= 4 is 29.3 Å². The first kappa shape index (κ1) is 22.4. The molecule has 9 heteroatoms. The zero-order valence-corrected chi connectivity index (χ0v) is 18.6. The largest absolute Gasteiger partial charge is 0.497 e. The highest BCUT2D eigenvalue weighted by Crippen LogP contribution is 2.21. The van der Waals surface area contributed by atoms with E-state index < -0.39 is 18.0 Å². The first-order valence-electron chi connectivity index (χ1n) is 9.69. The Morgan fingerprint density at radius 3 is 2.55 bits per heavy atom. The second-order valence-electron chi connectivity index (χ2n) is 6.64. The topological polar surface area (TPSA) is 95.3 Å². The van der Waals surface area contributed by atoms with Crippen LogP contribution in [0.25, 0.3) is 5.69 Å². The first-order valence-corrected chi connectivity index (χ1v) is 10.9. The molecule has 2 aromatic carbocycles. The number of carbonyl (C=O) groups excluding carboxylic acids is 2. The number of nitrogens with zero attached hydrogens (tertiary/aromatic N) is 3. The molecule has 0 radical (unpaired) electrons. The smallest absolute Gasteiger partial charge is 0.338 e. The molecule has 0 aliphatic carbocycles. The molecule has 1 heterocycles. The second kappa shape index (κ2) is 10.1. The summed E-state index contributed by atoms with van der Waals surface area (Å²) in [5.74, 6) is 0.408. The van der Waals surface area contributed by atoms with Crippen LogP contribution in [0, 0.1) is 6.92 Å². The van der Waals surface area contributed by atoms with Crippen molar-refractivity contribution in [2.75, 3.05) is 18.7 Å². The van der Waals surface area contributed by atoms with E-state index in [4.69, 9.17) is 9.47 Å². The maximum atomic E-state index is 12.6. The Bertz CT molecular complexity index is 1070. The normalized spacial score (nSPS) is 11.6. The van der Waals surface area contributed by atoms with Crippen molar-refractivity contribution in [1.82, 2.24) is 14.8 Å². The van der Waals surface area contributed by atoms with E-state index in [0.29, 0.717) is 23.4 Å². The van der Waals surface area contributed by atoms with Gasteiger partial charge in [0, 0.05) is 17.4 Å². The van der Waals surface area contributed by atoms with Crippen molar-refractivity contribution in [3.8, 4) is 11.4 Å². The van der Waals surface area contributed by atoms with Crippen LogP contribution >= 0.6 is 11.8 Å². The summed E-state index contributed by atoms with van der Waals surface area (Å²) in [4.78, 5) is 25.2. The standard InChI is InChI=1S/C22H24N4O4S/c1-5-19(20(27)23-16-7-6-8-18(13-16)29-3)30-21(28)15-9-11-17(12-10-15)26-14(2)24-25-22(26)31-4/h6-13,19H,5H2,1-4H3,(H,23,27). The number of carbonyl (C=O) groups is 2. The van der Waals surface area contributed by atoms with E-state index in [-0.39, 0.29) is 0 Å². The highest BCUT2D eigenvalue weighted by molar-refractivity contribution is 7.98. The van der Waals surface area contributed by atoms with Crippen molar-refractivity contribution in [2.24, 2.45) is 0 Å². The molecule has 1 unspecified atom stereocenters. The van der Waals surface area contributed by atoms with Crippen LogP contribution in [0.15, 0.2) is 53.7 Å². The van der Waals surface area contributed by atoms with Crippen LogP contribution in [0.3, 0.4) is 0 Å². The summed E-state index contributed by atoms with van der Waals surface area (Å²) in [6.45, 7) is 3.65. The fourth-order valence-electron chi connectivity index (χ4n) is 2.96. The van der Waals surface area contributed by atoms with Gasteiger partial charge in [-0.05, 0) is 56.0 Å². The summed E-state index contributed by atoms with van der Waals surface area (Å²) < 4.78 is 12.5. The lowest BCUT2D eigenvalue weighted by molar-refractivity contribution is -0.124. The Balaban J connectivity index is 1.68. The lowest BCUT2D eigenvalue weighted by Gasteiger charge is -2.16. The highest BCUT2D eigenvalue weighted by atomic mass is 32.2. The molecular weight excluding hydrogens is 416 g/mol. The van der Waals surface area contributed by atoms with Crippen LogP contribution in [-0.4, -0.2) is 46.1 Å². The average molecular weight is 441 g/mol. The van der Waals surface area contributed by atoms with Crippen LogP contribution in [0.2, 0.25) is 0 Å². The Labute approximate surface area is 185 Å². The Morgan fingerprint density at radius 1 is 1.16 bits per heavy atom. The van der Waals surface area contributed by atoms with Crippen molar-refractivity contribution in [3.63, 3.8) is 0 Å². The minimum Gasteiger partial charge on any atom is -0.497 e. The summed E-state index contributed by atoms with van der Waals surface area (Å²) in [6.07, 6.45) is 1.35. The predicted octanol–water partition coefficient (Wildman–Crippen LogP) is 3.88. The molecule has 1 N–H and O–H groups in total. The zero-order chi connectivity index (χ0) is 22.4. The highest BCUT2D eigenvalue weighted by Gasteiger charge is 2.22. The van der Waals surface area contributed by atoms with Crippen molar-refractivity contribution < 1.29 is 19.1 Å². The van der Waals surface area contributed by atoms with Gasteiger partial charge in [-0.3, -0.25) is 9.36 Å². The molecule has 162 valence electrons. The molecule has 31 heavy (non-hydrogen) atoms. The molecule has 0 bridgehead atoms. The van der Waals surface area contributed by atoms with E-state index >= 15 is 0 Å². The number of ether oxygens (including phenoxy) is 2. The van der Waals surface area contributed by atoms with Crippen molar-refractivity contribution in [2.45, 2.75) is 31.5 Å². The van der Waals surface area contributed by atoms with Gasteiger partial charge >= 0.3 is 5.97 Å². The number of aryl methyl sites for hydroxylation is 1. The van der Waals surface area contributed by atoms with Crippen LogP contribution in [0.4, 0.5) is 5.69 Å². The van der Waals surface area contributed by atoms with Crippen LogP contribution < -0.4 is 10.1 Å². The molecule has 8 nitrogen and oxygen atoms in total. The SMILES string of the molecule is CCC(OC(=O)c1ccc(-n2c(C)nnc2SC)cc1)C(=O)Nc1cccc(OC)c1. The molecule has 0 spiro atoms. The lowest BCUT2D eigenvalue weighted by atomic mass is 10.2. The van der Waals surface area contributed by atoms with Gasteiger partial charge in [0.15, 0.2) is 11.3 Å². The van der Waals surface area contributed by atoms with Crippen LogP contribution in [0.5, 0.6) is 5.75 Å². The van der Waals surface area contributed by atoms with Gasteiger partial charge in [-0.25, -0.2) is 4.79 Å². The number of benzene rings is 2. The molecule has 1 atom stereocenters. The number of esters is 1. The molecule has 1 amide bonds. The number of hydrogen-bond acceptors (Lipinski definition) is 7. The molecule has 0 aliphatic heterocycles. The van der Waals surface area contributed by atoms with Crippen molar-refractivity contribution in [1.29, 1.82) is 0 Å². The van der Waals surface area contributed by atoms with E-state index in [9.17, 15) is 9.59 Å². The molecule has 1 aromatic heterocycles. The van der Waals surface area contributed by atoms with E-state index in [1.165, 1.54) is 11.8 Å². The van der Waals surface area contributed by atoms with Gasteiger partial charge in [0.05, 0.1) is 12.7 Å². The van der Waals surface area contributed by atoms with E-state index in [2.05, 4.69) is 15.5 Å². The van der Waals surface area contributed by atoms with Gasteiger partial charge in [-0.1, -0.05) is 24.8 Å². The van der Waals surface area contributed by atoms with E-state index in [1.54, 1.807) is 62.6 Å². The third-order valence-electron chi connectivity index (χ3n) is 4.59. The van der Waals surface area contributed by atoms with Gasteiger partial charge in [-0.15, -0.1) is 10.2 Å². The monoisotopic (exact) mass is 440 g/mol. The number of anilines is 1. The third-order valence-corrected chi connectivity index (χ3v) is 5.22. The molecule has 3 rings (SSSR count). The minimum atomic E-state index is -0.915. The molecule has 3 aromatic rings. The van der Waals surface area contributed by atoms with Gasteiger partial charge in [0.2, 0.25) is 0 Å².